The second-order valence-electron chi connectivity index (χ2n) is 11.0. The number of nitrogens with one attached hydrogen (secondary N) is 1. The lowest BCUT2D eigenvalue weighted by Gasteiger charge is -2.37. The van der Waals surface area contributed by atoms with Crippen molar-refractivity contribution < 1.29 is 4.74 Å². The summed E-state index contributed by atoms with van der Waals surface area (Å²) in [6.07, 6.45) is 7.75. The number of aliphatic imine (C=N–C) groups is 1. The first-order chi connectivity index (χ1) is 20.1. The molecule has 5 aromatic carbocycles. The first-order valence-corrected chi connectivity index (χ1v) is 15.0. The third-order valence-electron chi connectivity index (χ3n) is 8.35. The van der Waals surface area contributed by atoms with Crippen molar-refractivity contribution in [3.05, 3.63) is 148 Å². The molecule has 1 aliphatic carbocycles. The van der Waals surface area contributed by atoms with Crippen LogP contribution in [0.5, 0.6) is 5.75 Å². The molecule has 7 rings (SSSR count). The highest BCUT2D eigenvalue weighted by Crippen LogP contribution is 2.50. The zero-order valence-corrected chi connectivity index (χ0v) is 24.5. The molecule has 0 amide bonds. The molecule has 0 radical (unpaired) electrons. The fourth-order valence-corrected chi connectivity index (χ4v) is 6.76. The molecule has 3 nitrogen and oxygen atoms in total. The van der Waals surface area contributed by atoms with E-state index in [0.29, 0.717) is 24.5 Å². The maximum Gasteiger partial charge on any atom is 0.134 e. The molecule has 4 heteroatoms. The van der Waals surface area contributed by atoms with E-state index in [-0.39, 0.29) is 0 Å². The van der Waals surface area contributed by atoms with Gasteiger partial charge in [0.2, 0.25) is 0 Å². The van der Waals surface area contributed by atoms with Gasteiger partial charge in [-0.1, -0.05) is 84.4 Å². The van der Waals surface area contributed by atoms with Crippen LogP contribution in [0.25, 0.3) is 10.8 Å². The van der Waals surface area contributed by atoms with Gasteiger partial charge in [-0.2, -0.15) is 0 Å². The summed E-state index contributed by atoms with van der Waals surface area (Å²) in [6.45, 7) is 2.69. The first-order valence-electron chi connectivity index (χ1n) is 14.2. The topological polar surface area (TPSA) is 33.6 Å². The van der Waals surface area contributed by atoms with E-state index in [2.05, 4.69) is 131 Å². The number of nitrogens with zero attached hydrogens (tertiary/aromatic N) is 1. The fourth-order valence-electron chi connectivity index (χ4n) is 6.25. The first kappa shape index (κ1) is 25.8. The summed E-state index contributed by atoms with van der Waals surface area (Å²) in [6, 6.07) is 36.6. The molecule has 1 heterocycles. The molecular weight excluding hydrogens is 568 g/mol. The Kier molecular flexibility index (Phi) is 6.93. The highest BCUT2D eigenvalue weighted by Gasteiger charge is 2.37. The van der Waals surface area contributed by atoms with Crippen LogP contribution in [0, 0.1) is 12.8 Å². The minimum absolute atomic E-state index is 0.292. The van der Waals surface area contributed by atoms with Crippen molar-refractivity contribution in [1.82, 2.24) is 0 Å². The second kappa shape index (κ2) is 11.0. The van der Waals surface area contributed by atoms with E-state index in [4.69, 9.17) is 9.73 Å². The number of halogens is 1. The molecule has 0 spiro atoms. The van der Waals surface area contributed by atoms with Crippen LogP contribution in [-0.2, 0) is 6.61 Å². The third kappa shape index (κ3) is 5.20. The van der Waals surface area contributed by atoms with Gasteiger partial charge in [0, 0.05) is 17.8 Å². The van der Waals surface area contributed by atoms with Crippen LogP contribution in [-0.4, -0.2) is 6.21 Å². The SMILES string of the molecule is Cc1ccc2c(c1)[C@@H]1C=CC[C@H]1[C@@H](c1ccc(N=Cc3ccc(OCc4cccc5ccccc45)c(Br)c3)cc1)N2. The number of anilines is 1. The molecule has 0 fully saturated rings. The molecule has 0 bridgehead atoms. The number of benzene rings is 5. The lowest BCUT2D eigenvalue weighted by molar-refractivity contribution is 0.305. The van der Waals surface area contributed by atoms with Crippen molar-refractivity contribution >= 4 is 44.3 Å². The number of rotatable bonds is 6. The smallest absolute Gasteiger partial charge is 0.134 e. The number of ether oxygens (including phenoxy) is 1. The van der Waals surface area contributed by atoms with Crippen LogP contribution in [0.15, 0.2) is 125 Å². The summed E-state index contributed by atoms with van der Waals surface area (Å²) in [7, 11) is 0. The number of fused-ring (bicyclic) bond motifs is 4. The van der Waals surface area contributed by atoms with Crippen LogP contribution in [0.3, 0.4) is 0 Å². The Hall–Kier alpha value is -4.15. The lowest BCUT2D eigenvalue weighted by Crippen LogP contribution is -2.29. The predicted octanol–water partition coefficient (Wildman–Crippen LogP) is 10.1. The third-order valence-corrected chi connectivity index (χ3v) is 8.97. The molecule has 202 valence electrons. The summed E-state index contributed by atoms with van der Waals surface area (Å²) in [5.74, 6) is 1.83. The van der Waals surface area contributed by atoms with Gasteiger partial charge in [-0.05, 0) is 105 Å². The zero-order valence-electron chi connectivity index (χ0n) is 22.9. The van der Waals surface area contributed by atoms with Gasteiger partial charge in [-0.15, -0.1) is 0 Å². The number of aryl methyl sites for hydroxylation is 1. The minimum atomic E-state index is 0.292. The molecule has 2 aliphatic rings. The van der Waals surface area contributed by atoms with Crippen molar-refractivity contribution in [3.8, 4) is 5.75 Å². The molecule has 0 saturated carbocycles. The number of allylic oxidation sites excluding steroid dienone is 2. The lowest BCUT2D eigenvalue weighted by atomic mass is 9.76. The maximum absolute atomic E-state index is 6.18. The predicted molar refractivity (Wildman–Crippen MR) is 174 cm³/mol. The quantitative estimate of drug-likeness (QED) is 0.156. The van der Waals surface area contributed by atoms with Gasteiger partial charge < -0.3 is 10.1 Å². The van der Waals surface area contributed by atoms with Crippen molar-refractivity contribution in [3.63, 3.8) is 0 Å². The van der Waals surface area contributed by atoms with Gasteiger partial charge in [-0.3, -0.25) is 4.99 Å². The molecule has 0 saturated heterocycles. The van der Waals surface area contributed by atoms with E-state index in [1.165, 1.54) is 38.7 Å². The molecule has 41 heavy (non-hydrogen) atoms. The van der Waals surface area contributed by atoms with Gasteiger partial charge in [0.25, 0.3) is 0 Å². The van der Waals surface area contributed by atoms with Crippen molar-refractivity contribution in [2.75, 3.05) is 5.32 Å². The Labute approximate surface area is 249 Å². The molecule has 0 aromatic heterocycles. The Morgan fingerprint density at radius 3 is 2.66 bits per heavy atom. The Bertz CT molecular complexity index is 1780. The van der Waals surface area contributed by atoms with E-state index in [1.807, 2.05) is 18.3 Å². The Balaban J connectivity index is 1.03. The van der Waals surface area contributed by atoms with E-state index >= 15 is 0 Å². The number of hydrogen-bond acceptors (Lipinski definition) is 3. The van der Waals surface area contributed by atoms with Crippen molar-refractivity contribution in [2.45, 2.75) is 31.9 Å². The minimum Gasteiger partial charge on any atom is -0.488 e. The summed E-state index contributed by atoms with van der Waals surface area (Å²) in [4.78, 5) is 4.75. The number of hydrogen-bond donors (Lipinski definition) is 1. The Morgan fingerprint density at radius 1 is 0.927 bits per heavy atom. The van der Waals surface area contributed by atoms with E-state index in [0.717, 1.165) is 27.9 Å². The molecule has 0 unspecified atom stereocenters. The van der Waals surface area contributed by atoms with Gasteiger partial charge in [-0.25, -0.2) is 0 Å². The van der Waals surface area contributed by atoms with Crippen molar-refractivity contribution in [1.29, 1.82) is 0 Å². The van der Waals surface area contributed by atoms with Crippen LogP contribution < -0.4 is 10.1 Å². The molecule has 3 atom stereocenters. The normalized spacial score (nSPS) is 19.2. The van der Waals surface area contributed by atoms with Gasteiger partial charge >= 0.3 is 0 Å². The van der Waals surface area contributed by atoms with Crippen LogP contribution >= 0.6 is 15.9 Å². The fraction of sp³-hybridized carbons (Fsp3) is 0.162. The van der Waals surface area contributed by atoms with Gasteiger partial charge in [0.1, 0.15) is 12.4 Å². The average Bonchev–Trinajstić information content (AvgIpc) is 3.50. The van der Waals surface area contributed by atoms with E-state index in [9.17, 15) is 0 Å². The van der Waals surface area contributed by atoms with E-state index in [1.54, 1.807) is 0 Å². The largest absolute Gasteiger partial charge is 0.488 e. The van der Waals surface area contributed by atoms with Crippen molar-refractivity contribution in [2.24, 2.45) is 10.9 Å². The monoisotopic (exact) mass is 598 g/mol. The highest BCUT2D eigenvalue weighted by molar-refractivity contribution is 9.10. The summed E-state index contributed by atoms with van der Waals surface area (Å²) < 4.78 is 7.09. The molecule has 1 N–H and O–H groups in total. The van der Waals surface area contributed by atoms with E-state index < -0.39 is 0 Å². The van der Waals surface area contributed by atoms with Crippen LogP contribution in [0.2, 0.25) is 0 Å². The highest BCUT2D eigenvalue weighted by atomic mass is 79.9. The van der Waals surface area contributed by atoms with Gasteiger partial charge in [0.15, 0.2) is 0 Å². The van der Waals surface area contributed by atoms with Crippen LogP contribution in [0.4, 0.5) is 11.4 Å². The molecular formula is C37H31BrN2O. The molecule has 5 aromatic rings. The average molecular weight is 600 g/mol. The summed E-state index contributed by atoms with van der Waals surface area (Å²) in [5, 5.41) is 6.28. The van der Waals surface area contributed by atoms with Gasteiger partial charge in [0.05, 0.1) is 16.2 Å². The summed E-state index contributed by atoms with van der Waals surface area (Å²) >= 11 is 3.69. The zero-order chi connectivity index (χ0) is 27.8. The Morgan fingerprint density at radius 2 is 1.78 bits per heavy atom. The van der Waals surface area contributed by atoms with Crippen LogP contribution in [0.1, 0.15) is 46.2 Å². The summed E-state index contributed by atoms with van der Waals surface area (Å²) in [5.41, 5.74) is 8.44. The second-order valence-corrected chi connectivity index (χ2v) is 11.9. The maximum atomic E-state index is 6.18. The molecule has 1 aliphatic heterocycles. The standard InChI is InChI=1S/C37H31BrN2O/c1-24-12-18-35-33(20-24)31-10-5-11-32(31)37(40-35)27-14-16-29(17-15-27)39-22-25-13-19-36(34(38)21-25)41-23-28-8-4-7-26-6-2-3-9-30(26)28/h2-10,12-22,31-32,37,40H,11,23H2,1H3/t31-,32-,37-/m1/s1.